The summed E-state index contributed by atoms with van der Waals surface area (Å²) in [5.41, 5.74) is 0. The molecule has 0 aliphatic heterocycles. The fraction of sp³-hybridized carbons (Fsp3) is 0.125. The molecule has 0 unspecified atom stereocenters. The summed E-state index contributed by atoms with van der Waals surface area (Å²) >= 11 is 22.2. The van der Waals surface area contributed by atoms with Gasteiger partial charge in [0, 0.05) is 6.07 Å². The lowest BCUT2D eigenvalue weighted by Gasteiger charge is -2.06. The van der Waals surface area contributed by atoms with E-state index in [2.05, 4.69) is 0 Å². The molecule has 1 aromatic rings. The summed E-state index contributed by atoms with van der Waals surface area (Å²) in [6.07, 6.45) is 0. The fourth-order valence-corrected chi connectivity index (χ4v) is 1.40. The summed E-state index contributed by atoms with van der Waals surface area (Å²) in [5.74, 6) is 0.273. The van der Waals surface area contributed by atoms with Crippen LogP contribution < -0.4 is 4.74 Å². The Balaban J connectivity index is 2.87. The van der Waals surface area contributed by atoms with Crippen LogP contribution in [-0.4, -0.2) is 11.8 Å². The van der Waals surface area contributed by atoms with E-state index in [4.69, 9.17) is 51.1 Å². The largest absolute Gasteiger partial charge is 0.483 e. The van der Waals surface area contributed by atoms with Gasteiger partial charge in [0.05, 0.1) is 15.1 Å². The molecule has 0 bridgehead atoms. The van der Waals surface area contributed by atoms with Crippen LogP contribution in [0.2, 0.25) is 15.1 Å². The topological polar surface area (TPSA) is 26.3 Å². The van der Waals surface area contributed by atoms with E-state index in [1.807, 2.05) is 0 Å². The number of halogens is 4. The maximum atomic E-state index is 10.4. The van der Waals surface area contributed by atoms with Gasteiger partial charge in [-0.3, -0.25) is 4.79 Å². The Kier molecular flexibility index (Phi) is 4.32. The summed E-state index contributed by atoms with van der Waals surface area (Å²) in [5, 5.41) is 0.277. The third-order valence-electron chi connectivity index (χ3n) is 1.32. The fourth-order valence-electron chi connectivity index (χ4n) is 0.749. The van der Waals surface area contributed by atoms with Crippen molar-refractivity contribution in [1.29, 1.82) is 0 Å². The maximum absolute atomic E-state index is 10.4. The van der Waals surface area contributed by atoms with Crippen molar-refractivity contribution in [2.24, 2.45) is 0 Å². The average Bonchev–Trinajstić information content (AvgIpc) is 2.09. The van der Waals surface area contributed by atoms with Gasteiger partial charge >= 0.3 is 0 Å². The first-order valence-corrected chi connectivity index (χ1v) is 4.97. The molecule has 0 saturated heterocycles. The SMILES string of the molecule is O=C(Cl)COc1cc(Cl)c(Cl)cc1Cl. The minimum absolute atomic E-state index is 0.265. The van der Waals surface area contributed by atoms with E-state index in [1.54, 1.807) is 0 Å². The minimum Gasteiger partial charge on any atom is -0.483 e. The highest BCUT2D eigenvalue weighted by molar-refractivity contribution is 6.63. The monoisotopic (exact) mass is 272 g/mol. The van der Waals surface area contributed by atoms with Crippen molar-refractivity contribution < 1.29 is 9.53 Å². The van der Waals surface area contributed by atoms with Gasteiger partial charge in [-0.15, -0.1) is 0 Å². The smallest absolute Gasteiger partial charge is 0.259 e. The number of carbonyl (C=O) groups excluding carboxylic acids is 1. The molecule has 0 amide bonds. The Morgan fingerprint density at radius 1 is 1.14 bits per heavy atom. The Labute approximate surface area is 101 Å². The Bertz CT molecular complexity index is 365. The predicted octanol–water partition coefficient (Wildman–Crippen LogP) is 3.79. The van der Waals surface area contributed by atoms with Crippen LogP contribution in [0.3, 0.4) is 0 Å². The number of carbonyl (C=O) groups is 1. The minimum atomic E-state index is -0.618. The van der Waals surface area contributed by atoms with Crippen molar-refractivity contribution in [2.45, 2.75) is 0 Å². The van der Waals surface area contributed by atoms with Crippen molar-refractivity contribution in [3.63, 3.8) is 0 Å². The first-order valence-electron chi connectivity index (χ1n) is 3.46. The first kappa shape index (κ1) is 11.9. The van der Waals surface area contributed by atoms with E-state index in [-0.39, 0.29) is 17.4 Å². The van der Waals surface area contributed by atoms with Crippen molar-refractivity contribution in [1.82, 2.24) is 0 Å². The second-order valence-electron chi connectivity index (χ2n) is 2.34. The molecule has 0 fully saturated rings. The molecule has 0 N–H and O–H groups in total. The number of benzene rings is 1. The molecule has 0 aromatic heterocycles. The lowest BCUT2D eigenvalue weighted by molar-refractivity contribution is -0.113. The third-order valence-corrected chi connectivity index (χ3v) is 2.44. The third kappa shape index (κ3) is 3.21. The molecule has 1 rings (SSSR count). The normalized spacial score (nSPS) is 10.0. The standard InChI is InChI=1S/C8H4Cl4O2/c9-4-1-6(11)7(2-5(4)10)14-3-8(12)13/h1-2H,3H2. The zero-order valence-electron chi connectivity index (χ0n) is 6.69. The first-order chi connectivity index (χ1) is 6.50. The second kappa shape index (κ2) is 5.08. The Morgan fingerprint density at radius 3 is 2.29 bits per heavy atom. The van der Waals surface area contributed by atoms with Crippen molar-refractivity contribution >= 4 is 51.6 Å². The van der Waals surface area contributed by atoms with Gasteiger partial charge in [-0.1, -0.05) is 34.8 Å². The van der Waals surface area contributed by atoms with Crippen LogP contribution in [0.25, 0.3) is 0 Å². The van der Waals surface area contributed by atoms with E-state index in [1.165, 1.54) is 12.1 Å². The van der Waals surface area contributed by atoms with Crippen molar-refractivity contribution in [3.05, 3.63) is 27.2 Å². The summed E-state index contributed by atoms with van der Waals surface area (Å²) < 4.78 is 4.98. The van der Waals surface area contributed by atoms with Gasteiger partial charge in [0.25, 0.3) is 5.24 Å². The zero-order chi connectivity index (χ0) is 10.7. The summed E-state index contributed by atoms with van der Waals surface area (Å²) in [6, 6.07) is 2.85. The highest BCUT2D eigenvalue weighted by atomic mass is 35.5. The average molecular weight is 274 g/mol. The predicted molar refractivity (Wildman–Crippen MR) is 57.8 cm³/mol. The summed E-state index contributed by atoms with van der Waals surface area (Å²) in [7, 11) is 0. The van der Waals surface area contributed by atoms with Crippen LogP contribution in [0.5, 0.6) is 5.75 Å². The maximum Gasteiger partial charge on any atom is 0.259 e. The molecule has 0 saturated carbocycles. The van der Waals surface area contributed by atoms with E-state index >= 15 is 0 Å². The molecular formula is C8H4Cl4O2. The van der Waals surface area contributed by atoms with Gasteiger partial charge in [-0.25, -0.2) is 0 Å². The molecule has 0 aliphatic rings. The van der Waals surface area contributed by atoms with Gasteiger partial charge < -0.3 is 4.74 Å². The number of rotatable bonds is 3. The van der Waals surface area contributed by atoms with Gasteiger partial charge in [-0.2, -0.15) is 0 Å². The highest BCUT2D eigenvalue weighted by Crippen LogP contribution is 2.33. The van der Waals surface area contributed by atoms with Crippen molar-refractivity contribution in [3.8, 4) is 5.75 Å². The lowest BCUT2D eigenvalue weighted by Crippen LogP contribution is -2.04. The molecule has 76 valence electrons. The molecule has 0 radical (unpaired) electrons. The number of hydrogen-bond acceptors (Lipinski definition) is 2. The molecule has 0 spiro atoms. The molecule has 0 heterocycles. The van der Waals surface area contributed by atoms with Gasteiger partial charge in [-0.05, 0) is 17.7 Å². The van der Waals surface area contributed by atoms with E-state index in [9.17, 15) is 4.79 Å². The molecule has 0 atom stereocenters. The molecular weight excluding hydrogens is 270 g/mol. The highest BCUT2D eigenvalue weighted by Gasteiger charge is 2.08. The zero-order valence-corrected chi connectivity index (χ0v) is 9.71. The number of hydrogen-bond donors (Lipinski definition) is 0. The Hall–Kier alpha value is -0.150. The summed E-state index contributed by atoms with van der Waals surface area (Å²) in [6.45, 7) is -0.265. The van der Waals surface area contributed by atoms with Gasteiger partial charge in [0.2, 0.25) is 0 Å². The number of ether oxygens (including phenoxy) is 1. The van der Waals surface area contributed by atoms with Crippen molar-refractivity contribution in [2.75, 3.05) is 6.61 Å². The Morgan fingerprint density at radius 2 is 1.71 bits per heavy atom. The molecule has 14 heavy (non-hydrogen) atoms. The second-order valence-corrected chi connectivity index (χ2v) is 3.98. The van der Waals surface area contributed by atoms with E-state index in [0.29, 0.717) is 10.0 Å². The van der Waals surface area contributed by atoms with E-state index in [0.717, 1.165) is 0 Å². The molecule has 6 heteroatoms. The van der Waals surface area contributed by atoms with Crippen LogP contribution in [-0.2, 0) is 4.79 Å². The van der Waals surface area contributed by atoms with Crippen LogP contribution in [0.15, 0.2) is 12.1 Å². The van der Waals surface area contributed by atoms with Crippen LogP contribution in [0, 0.1) is 0 Å². The van der Waals surface area contributed by atoms with Crippen LogP contribution in [0.4, 0.5) is 0 Å². The molecule has 2 nitrogen and oxygen atoms in total. The summed E-state index contributed by atoms with van der Waals surface area (Å²) in [4.78, 5) is 10.4. The quantitative estimate of drug-likeness (QED) is 0.619. The molecule has 1 aromatic carbocycles. The van der Waals surface area contributed by atoms with Crippen LogP contribution in [0.1, 0.15) is 0 Å². The van der Waals surface area contributed by atoms with Gasteiger partial charge in [0.1, 0.15) is 5.75 Å². The van der Waals surface area contributed by atoms with Crippen LogP contribution >= 0.6 is 46.4 Å². The molecule has 0 aliphatic carbocycles. The van der Waals surface area contributed by atoms with E-state index < -0.39 is 5.24 Å². The lowest BCUT2D eigenvalue weighted by atomic mass is 10.3. The van der Waals surface area contributed by atoms with Gasteiger partial charge in [0.15, 0.2) is 6.61 Å².